The molecule has 50 heavy (non-hydrogen) atoms. The van der Waals surface area contributed by atoms with Crippen molar-refractivity contribution in [2.45, 2.75) is 61.4 Å². The summed E-state index contributed by atoms with van der Waals surface area (Å²) in [4.78, 5) is 34.2. The molecule has 1 aromatic heterocycles. The summed E-state index contributed by atoms with van der Waals surface area (Å²) < 4.78 is 13.5. The van der Waals surface area contributed by atoms with Crippen molar-refractivity contribution in [1.82, 2.24) is 15.2 Å². The van der Waals surface area contributed by atoms with Gasteiger partial charge < -0.3 is 21.1 Å². The molecule has 2 amide bonds. The molecular weight excluding hydrogens is 668 g/mol. The molecule has 258 valence electrons. The van der Waals surface area contributed by atoms with Crippen molar-refractivity contribution in [3.63, 3.8) is 0 Å². The van der Waals surface area contributed by atoms with Crippen molar-refractivity contribution in [3.05, 3.63) is 148 Å². The van der Waals surface area contributed by atoms with E-state index in [1.165, 1.54) is 22.3 Å². The monoisotopic (exact) mass is 708 g/mol. The Kier molecular flexibility index (Phi) is 10.5. The van der Waals surface area contributed by atoms with Crippen molar-refractivity contribution >= 4 is 34.9 Å². The summed E-state index contributed by atoms with van der Waals surface area (Å²) in [5.41, 5.74) is 13.5. The lowest BCUT2D eigenvalue weighted by molar-refractivity contribution is -0.140. The van der Waals surface area contributed by atoms with Crippen molar-refractivity contribution in [1.29, 1.82) is 0 Å². The molecule has 4 N–H and O–H groups in total. The first-order valence-electron chi connectivity index (χ1n) is 16.6. The average Bonchev–Trinajstić information content (AvgIpc) is 3.75. The number of aryl methyl sites for hydroxylation is 1. The number of aliphatic hydroxyl groups is 1. The highest BCUT2D eigenvalue weighted by atomic mass is 32.2. The molecule has 10 heteroatoms. The summed E-state index contributed by atoms with van der Waals surface area (Å²) in [6.07, 6.45) is -0.799. The number of benzene rings is 4. The zero-order valence-corrected chi connectivity index (χ0v) is 29.9. The number of nitrogens with one attached hydrogen (secondary N) is 1. The van der Waals surface area contributed by atoms with E-state index < -0.39 is 45.3 Å². The fraction of sp³-hybridized carbons (Fsp3) is 0.275. The van der Waals surface area contributed by atoms with Gasteiger partial charge in [0.1, 0.15) is 11.9 Å². The van der Waals surface area contributed by atoms with E-state index in [4.69, 9.17) is 5.73 Å². The number of β-amino-alcohol motifs (C(OH)–C–C–N with tert-alkyl or cyclic N) is 1. The van der Waals surface area contributed by atoms with Crippen LogP contribution in [0.3, 0.4) is 0 Å². The van der Waals surface area contributed by atoms with E-state index in [1.807, 2.05) is 75.4 Å². The van der Waals surface area contributed by atoms with Crippen LogP contribution in [0.4, 0.5) is 4.39 Å². The van der Waals surface area contributed by atoms with Crippen LogP contribution in [0.1, 0.15) is 48.2 Å². The van der Waals surface area contributed by atoms with Gasteiger partial charge in [0.25, 0.3) is 0 Å². The first-order chi connectivity index (χ1) is 24.0. The minimum atomic E-state index is -1.03. The molecule has 1 saturated heterocycles. The van der Waals surface area contributed by atoms with Gasteiger partial charge in [-0.1, -0.05) is 103 Å². The molecule has 0 saturated carbocycles. The molecule has 1 fully saturated rings. The molecule has 0 aliphatic carbocycles. The topological polar surface area (TPSA) is 109 Å². The lowest BCUT2D eigenvalue weighted by Gasteiger charge is -2.44. The van der Waals surface area contributed by atoms with Crippen LogP contribution in [0, 0.1) is 12.7 Å². The average molecular weight is 709 g/mol. The van der Waals surface area contributed by atoms with Crippen molar-refractivity contribution < 1.29 is 19.1 Å². The molecule has 3 atom stereocenters. The Bertz CT molecular complexity index is 1840. The largest absolute Gasteiger partial charge is 0.391 e. The standard InChI is InChI=1S/C40H41FN4O3S2/c1-26-35(49-25-44-26)32-20-19-27(21-33(32)41)23-43-37(47)34-22-31(46)24-45(34)38(48)36(42)39(2,3)50-40(28-13-7-4-8-14-28,29-15-9-5-10-16-29)30-17-11-6-12-18-30/h4-21,25,31,34,36,46H,22-24,42H2,1-3H3,(H,43,47)/t31-,34-,36?/m1/s1. The number of aromatic nitrogens is 1. The third kappa shape index (κ3) is 7.11. The van der Waals surface area contributed by atoms with Gasteiger partial charge in [0.15, 0.2) is 0 Å². The number of nitrogens with two attached hydrogens (primary N) is 1. The molecule has 4 aromatic carbocycles. The number of nitrogens with zero attached hydrogens (tertiary/aromatic N) is 2. The third-order valence-electron chi connectivity index (χ3n) is 9.33. The summed E-state index contributed by atoms with van der Waals surface area (Å²) in [5.74, 6) is -1.25. The Balaban J connectivity index is 1.23. The second-order valence-corrected chi connectivity index (χ2v) is 15.9. The number of likely N-dealkylation sites (tertiary alicyclic amines) is 1. The normalized spacial score (nSPS) is 17.0. The minimum absolute atomic E-state index is 0.00983. The van der Waals surface area contributed by atoms with Crippen LogP contribution < -0.4 is 11.1 Å². The third-order valence-corrected chi connectivity index (χ3v) is 12.1. The minimum Gasteiger partial charge on any atom is -0.391 e. The number of hydrogen-bond donors (Lipinski definition) is 3. The van der Waals surface area contributed by atoms with E-state index >= 15 is 4.39 Å². The Labute approximate surface area is 300 Å². The molecule has 2 heterocycles. The molecule has 0 spiro atoms. The molecule has 0 bridgehead atoms. The second kappa shape index (κ2) is 14.9. The van der Waals surface area contributed by atoms with Crippen LogP contribution in [-0.2, 0) is 20.9 Å². The van der Waals surface area contributed by atoms with Gasteiger partial charge in [-0.3, -0.25) is 9.59 Å². The summed E-state index contributed by atoms with van der Waals surface area (Å²) >= 11 is 2.97. The number of thioether (sulfide) groups is 1. The van der Waals surface area contributed by atoms with Crippen molar-refractivity contribution in [2.75, 3.05) is 6.54 Å². The fourth-order valence-electron chi connectivity index (χ4n) is 6.66. The predicted octanol–water partition coefficient (Wildman–Crippen LogP) is 6.67. The Morgan fingerprint density at radius 2 is 1.54 bits per heavy atom. The molecule has 6 rings (SSSR count). The Hall–Kier alpha value is -4.35. The summed E-state index contributed by atoms with van der Waals surface area (Å²) in [5, 5.41) is 13.5. The maximum atomic E-state index is 15.0. The van der Waals surface area contributed by atoms with Gasteiger partial charge in [0, 0.05) is 29.8 Å². The van der Waals surface area contributed by atoms with Gasteiger partial charge in [-0.05, 0) is 49.1 Å². The number of thiazole rings is 1. The lowest BCUT2D eigenvalue weighted by Crippen LogP contribution is -2.57. The van der Waals surface area contributed by atoms with Crippen molar-refractivity contribution in [2.24, 2.45) is 5.73 Å². The van der Waals surface area contributed by atoms with Crippen molar-refractivity contribution in [3.8, 4) is 10.4 Å². The zero-order valence-electron chi connectivity index (χ0n) is 28.3. The summed E-state index contributed by atoms with van der Waals surface area (Å²) in [6.45, 7) is 5.80. The quantitative estimate of drug-likeness (QED) is 0.132. The maximum Gasteiger partial charge on any atom is 0.243 e. The van der Waals surface area contributed by atoms with Crippen LogP contribution in [0.5, 0.6) is 0 Å². The molecule has 0 radical (unpaired) electrons. The van der Waals surface area contributed by atoms with E-state index in [-0.39, 0.29) is 19.5 Å². The number of carbonyl (C=O) groups is 2. The first-order valence-corrected chi connectivity index (χ1v) is 18.3. The smallest absolute Gasteiger partial charge is 0.243 e. The highest BCUT2D eigenvalue weighted by Crippen LogP contribution is 2.54. The number of hydrogen-bond acceptors (Lipinski definition) is 7. The number of aliphatic hydroxyl groups excluding tert-OH is 1. The maximum absolute atomic E-state index is 15.0. The Morgan fingerprint density at radius 1 is 0.980 bits per heavy atom. The van der Waals surface area contributed by atoms with Crippen LogP contribution in [-0.4, -0.2) is 56.3 Å². The molecular formula is C40H41FN4O3S2. The molecule has 1 aliphatic rings. The van der Waals surface area contributed by atoms with E-state index in [2.05, 4.69) is 46.7 Å². The molecule has 1 unspecified atom stereocenters. The van der Waals surface area contributed by atoms with Crippen LogP contribution >= 0.6 is 23.1 Å². The zero-order chi connectivity index (χ0) is 35.5. The molecule has 7 nitrogen and oxygen atoms in total. The van der Waals surface area contributed by atoms with Gasteiger partial charge in [-0.2, -0.15) is 0 Å². The number of rotatable bonds is 11. The van der Waals surface area contributed by atoms with Gasteiger partial charge in [0.05, 0.1) is 33.0 Å². The summed E-state index contributed by atoms with van der Waals surface area (Å²) in [7, 11) is 0. The van der Waals surface area contributed by atoms with Gasteiger partial charge in [-0.15, -0.1) is 23.1 Å². The highest BCUT2D eigenvalue weighted by molar-refractivity contribution is 8.02. The van der Waals surface area contributed by atoms with Gasteiger partial charge in [-0.25, -0.2) is 9.37 Å². The van der Waals surface area contributed by atoms with Crippen LogP contribution in [0.15, 0.2) is 115 Å². The summed E-state index contributed by atoms with van der Waals surface area (Å²) in [6, 6.07) is 33.4. The van der Waals surface area contributed by atoms with E-state index in [0.29, 0.717) is 11.1 Å². The predicted molar refractivity (Wildman–Crippen MR) is 199 cm³/mol. The van der Waals surface area contributed by atoms with Crippen LogP contribution in [0.2, 0.25) is 0 Å². The number of amides is 2. The SMILES string of the molecule is Cc1ncsc1-c1ccc(CNC(=O)[C@H]2C[C@@H](O)CN2C(=O)C(N)C(C)(C)SC(c2ccccc2)(c2ccccc2)c2ccccc2)cc1F. The van der Waals surface area contributed by atoms with E-state index in [0.717, 1.165) is 27.3 Å². The highest BCUT2D eigenvalue weighted by Gasteiger charge is 2.49. The van der Waals surface area contributed by atoms with E-state index in [1.54, 1.807) is 29.4 Å². The van der Waals surface area contributed by atoms with E-state index in [9.17, 15) is 14.7 Å². The lowest BCUT2D eigenvalue weighted by atomic mass is 9.84. The van der Waals surface area contributed by atoms with Gasteiger partial charge in [0.2, 0.25) is 11.8 Å². The molecule has 1 aliphatic heterocycles. The van der Waals surface area contributed by atoms with Gasteiger partial charge >= 0.3 is 0 Å². The second-order valence-electron chi connectivity index (χ2n) is 13.2. The number of carbonyl (C=O) groups excluding carboxylic acids is 2. The van der Waals surface area contributed by atoms with Crippen LogP contribution in [0.25, 0.3) is 10.4 Å². The number of halogens is 1. The molecule has 5 aromatic rings. The first kappa shape index (κ1) is 35.5. The fourth-order valence-corrected chi connectivity index (χ4v) is 9.27. The Morgan fingerprint density at radius 3 is 2.04 bits per heavy atom.